The maximum atomic E-state index is 12.9. The van der Waals surface area contributed by atoms with Crippen LogP contribution in [0, 0.1) is 0 Å². The molecule has 0 aromatic rings. The van der Waals surface area contributed by atoms with Crippen molar-refractivity contribution in [1.82, 2.24) is 0 Å². The molecule has 0 aromatic carbocycles. The van der Waals surface area contributed by atoms with Gasteiger partial charge in [-0.15, -0.1) is 0 Å². The zero-order valence-corrected chi connectivity index (χ0v) is 70.0. The van der Waals surface area contributed by atoms with Gasteiger partial charge >= 0.3 is 19.8 Å². The standard InChI is InChI=1S/C96H162NO8P/c1-6-8-10-12-14-16-18-20-22-24-26-28-30-32-34-36-38-40-42-44-46-48-50-52-54-56-58-60-62-64-66-68-70-72-74-76-78-80-82-84-86-88-95(98)102-92-94(93-104-106(100,101)103-91-90-97(3,4)5)105-96(99)89-87-85-83-81-79-77-75-73-71-69-67-65-63-61-59-57-55-53-51-49-47-45-43-41-39-37-35-33-31-29-27-25-23-21-19-17-15-13-11-9-7-2/h9,11,15,17-18,20-21,23-24,26-27,29-30,32-33,35,39,41,45,47,51,53,57,59,63,65,69,71,75,77,94H,6-8,10,12-14,16,19,22,25,28,31,34,36-38,40,42-44,46,48-50,52,54-56,58,60-62,64,66-68,70,72-74,76,78-93H2,1-5H3/p+1/b11-9-,17-15-,20-18-,23-21-,26-24-,29-27-,32-30-,35-33-,41-39-,47-45-,53-51-,59-57-,65-63-,71-69-,77-75-. The first-order valence-electron chi connectivity index (χ1n) is 43.5. The number of allylic oxidation sites excluding steroid dienone is 30. The Morgan fingerprint density at radius 1 is 0.302 bits per heavy atom. The molecule has 0 radical (unpaired) electrons. The molecule has 0 bridgehead atoms. The number of esters is 2. The Morgan fingerprint density at radius 2 is 0.538 bits per heavy atom. The summed E-state index contributed by atoms with van der Waals surface area (Å²) >= 11 is 0. The number of ether oxygens (including phenoxy) is 2. The highest BCUT2D eigenvalue weighted by Crippen LogP contribution is 2.43. The van der Waals surface area contributed by atoms with Gasteiger partial charge in [0.15, 0.2) is 6.10 Å². The van der Waals surface area contributed by atoms with Crippen LogP contribution in [0.1, 0.15) is 361 Å². The predicted octanol–water partition coefficient (Wildman–Crippen LogP) is 29.7. The molecule has 106 heavy (non-hydrogen) atoms. The minimum atomic E-state index is -4.42. The van der Waals surface area contributed by atoms with E-state index in [1.165, 1.54) is 193 Å². The molecule has 0 heterocycles. The SMILES string of the molecule is CC/C=C\C/C=C\C/C=C\C/C=C\C/C=C\C/C=C\C/C=C\C/C=C\C/C=C\C/C=C\C/C=C\C/C=C\CCCCCCC(=O)OC(COC(=O)CCCCCCCCCCCCCCCCCCCCCCCCCCCC/C=C\C/C=C\C/C=C\CCCCCCC)COP(=O)(O)OCC[N+](C)(C)C. The summed E-state index contributed by atoms with van der Waals surface area (Å²) in [6.07, 6.45) is 129. The fourth-order valence-electron chi connectivity index (χ4n) is 11.8. The van der Waals surface area contributed by atoms with Gasteiger partial charge in [-0.3, -0.25) is 18.6 Å². The lowest BCUT2D eigenvalue weighted by Crippen LogP contribution is -2.37. The summed E-state index contributed by atoms with van der Waals surface area (Å²) < 4.78 is 34.8. The fraction of sp³-hybridized carbons (Fsp3) is 0.667. The maximum absolute atomic E-state index is 12.9. The van der Waals surface area contributed by atoms with Gasteiger partial charge in [0.05, 0.1) is 27.7 Å². The molecular formula is C96H163NO8P+. The van der Waals surface area contributed by atoms with Gasteiger partial charge in [0, 0.05) is 12.8 Å². The van der Waals surface area contributed by atoms with Crippen LogP contribution in [0.2, 0.25) is 0 Å². The van der Waals surface area contributed by atoms with Gasteiger partial charge in [-0.2, -0.15) is 0 Å². The molecule has 10 heteroatoms. The highest BCUT2D eigenvalue weighted by Gasteiger charge is 2.27. The lowest BCUT2D eigenvalue weighted by molar-refractivity contribution is -0.870. The van der Waals surface area contributed by atoms with Gasteiger partial charge < -0.3 is 18.9 Å². The Kier molecular flexibility index (Phi) is 80.3. The van der Waals surface area contributed by atoms with Crippen LogP contribution in [0.5, 0.6) is 0 Å². The number of nitrogens with zero attached hydrogens (tertiary/aromatic N) is 1. The van der Waals surface area contributed by atoms with Crippen molar-refractivity contribution in [2.75, 3.05) is 47.5 Å². The van der Waals surface area contributed by atoms with Crippen LogP contribution in [-0.2, 0) is 32.7 Å². The van der Waals surface area contributed by atoms with Crippen LogP contribution in [-0.4, -0.2) is 74.9 Å². The van der Waals surface area contributed by atoms with E-state index in [-0.39, 0.29) is 32.0 Å². The Balaban J connectivity index is 4.02. The number of likely N-dealkylation sites (N-methyl/N-ethyl adjacent to an activating group) is 1. The maximum Gasteiger partial charge on any atom is 0.472 e. The van der Waals surface area contributed by atoms with E-state index in [1.807, 2.05) is 21.1 Å². The molecule has 604 valence electrons. The molecule has 9 nitrogen and oxygen atoms in total. The summed E-state index contributed by atoms with van der Waals surface area (Å²) in [5.74, 6) is -0.825. The number of unbranched alkanes of at least 4 members (excludes halogenated alkanes) is 35. The van der Waals surface area contributed by atoms with Crippen LogP contribution in [0.25, 0.3) is 0 Å². The molecule has 2 atom stereocenters. The molecule has 0 saturated carbocycles. The molecule has 0 rings (SSSR count). The van der Waals surface area contributed by atoms with Gasteiger partial charge in [0.2, 0.25) is 0 Å². The minimum Gasteiger partial charge on any atom is -0.462 e. The Bertz CT molecular complexity index is 2460. The summed E-state index contributed by atoms with van der Waals surface area (Å²) in [6.45, 7) is 4.29. The summed E-state index contributed by atoms with van der Waals surface area (Å²) in [6, 6.07) is 0. The number of rotatable bonds is 79. The first-order chi connectivity index (χ1) is 52.0. The second kappa shape index (κ2) is 84.1. The highest BCUT2D eigenvalue weighted by molar-refractivity contribution is 7.47. The van der Waals surface area contributed by atoms with Crippen LogP contribution >= 0.6 is 7.82 Å². The van der Waals surface area contributed by atoms with Crippen molar-refractivity contribution in [1.29, 1.82) is 0 Å². The normalized spacial score (nSPS) is 13.9. The summed E-state index contributed by atoms with van der Waals surface area (Å²) in [4.78, 5) is 36.0. The van der Waals surface area contributed by atoms with Gasteiger partial charge in [-0.1, -0.05) is 389 Å². The van der Waals surface area contributed by atoms with Crippen LogP contribution < -0.4 is 0 Å². The van der Waals surface area contributed by atoms with Crippen molar-refractivity contribution in [3.05, 3.63) is 182 Å². The molecule has 1 N–H and O–H groups in total. The average Bonchev–Trinajstić information content (AvgIpc) is 0.908. The molecule has 2 unspecified atom stereocenters. The Labute approximate surface area is 654 Å². The average molecular weight is 1490 g/mol. The molecule has 0 spiro atoms. The summed E-state index contributed by atoms with van der Waals surface area (Å²) in [5.41, 5.74) is 0. The molecule has 0 aliphatic rings. The number of carbonyl (C=O) groups excluding carboxylic acids is 2. The van der Waals surface area contributed by atoms with Gasteiger partial charge in [-0.05, 0) is 141 Å². The lowest BCUT2D eigenvalue weighted by atomic mass is 10.0. The lowest BCUT2D eigenvalue weighted by Gasteiger charge is -2.24. The molecule has 0 fully saturated rings. The van der Waals surface area contributed by atoms with E-state index in [9.17, 15) is 19.0 Å². The summed E-state index contributed by atoms with van der Waals surface area (Å²) in [7, 11) is 1.45. The van der Waals surface area contributed by atoms with Gasteiger partial charge in [0.1, 0.15) is 19.8 Å². The summed E-state index contributed by atoms with van der Waals surface area (Å²) in [5, 5.41) is 0. The molecule has 0 saturated heterocycles. The Hall–Kier alpha value is -4.89. The highest BCUT2D eigenvalue weighted by atomic mass is 31.2. The van der Waals surface area contributed by atoms with Gasteiger partial charge in [0.25, 0.3) is 0 Å². The molecule has 0 aromatic heterocycles. The third-order valence-corrected chi connectivity index (χ3v) is 19.4. The third-order valence-electron chi connectivity index (χ3n) is 18.4. The monoisotopic (exact) mass is 1490 g/mol. The van der Waals surface area contributed by atoms with Crippen molar-refractivity contribution in [2.24, 2.45) is 0 Å². The van der Waals surface area contributed by atoms with E-state index in [0.717, 1.165) is 135 Å². The van der Waals surface area contributed by atoms with E-state index in [0.29, 0.717) is 17.4 Å². The molecular weight excluding hydrogens is 1330 g/mol. The van der Waals surface area contributed by atoms with Crippen molar-refractivity contribution >= 4 is 19.8 Å². The van der Waals surface area contributed by atoms with Crippen LogP contribution in [0.15, 0.2) is 182 Å². The van der Waals surface area contributed by atoms with E-state index >= 15 is 0 Å². The van der Waals surface area contributed by atoms with E-state index < -0.39 is 26.5 Å². The largest absolute Gasteiger partial charge is 0.472 e. The van der Waals surface area contributed by atoms with E-state index in [1.54, 1.807) is 0 Å². The fourth-order valence-corrected chi connectivity index (χ4v) is 12.6. The van der Waals surface area contributed by atoms with Crippen molar-refractivity contribution in [3.8, 4) is 0 Å². The molecule has 0 amide bonds. The number of quaternary nitrogens is 1. The minimum absolute atomic E-state index is 0.0192. The van der Waals surface area contributed by atoms with E-state index in [4.69, 9.17) is 18.5 Å². The predicted molar refractivity (Wildman–Crippen MR) is 463 cm³/mol. The van der Waals surface area contributed by atoms with E-state index in [2.05, 4.69) is 196 Å². The van der Waals surface area contributed by atoms with Gasteiger partial charge in [-0.25, -0.2) is 4.57 Å². The second-order valence-corrected chi connectivity index (χ2v) is 31.3. The third kappa shape index (κ3) is 88.0. The smallest absolute Gasteiger partial charge is 0.462 e. The number of carbonyl (C=O) groups is 2. The topological polar surface area (TPSA) is 108 Å². The van der Waals surface area contributed by atoms with Crippen LogP contribution in [0.3, 0.4) is 0 Å². The molecule has 0 aliphatic carbocycles. The number of phosphoric acid groups is 1. The number of phosphoric ester groups is 1. The quantitative estimate of drug-likeness (QED) is 0.0211. The first kappa shape index (κ1) is 101. The van der Waals surface area contributed by atoms with Crippen molar-refractivity contribution < 1.29 is 42.1 Å². The zero-order valence-electron chi connectivity index (χ0n) is 69.1. The number of hydrogen-bond donors (Lipinski definition) is 1. The second-order valence-electron chi connectivity index (χ2n) is 29.8. The number of hydrogen-bond acceptors (Lipinski definition) is 7. The van der Waals surface area contributed by atoms with Crippen molar-refractivity contribution in [3.63, 3.8) is 0 Å². The zero-order chi connectivity index (χ0) is 76.8. The first-order valence-corrected chi connectivity index (χ1v) is 45.0. The molecule has 0 aliphatic heterocycles. The Morgan fingerprint density at radius 3 is 0.802 bits per heavy atom. The van der Waals surface area contributed by atoms with Crippen LogP contribution in [0.4, 0.5) is 0 Å². The van der Waals surface area contributed by atoms with Crippen molar-refractivity contribution in [2.45, 2.75) is 367 Å².